The lowest BCUT2D eigenvalue weighted by Gasteiger charge is -2.45. The number of piperidine rings is 1. The highest BCUT2D eigenvalue weighted by Gasteiger charge is 2.39. The van der Waals surface area contributed by atoms with Crippen molar-refractivity contribution in [1.29, 1.82) is 0 Å². The highest BCUT2D eigenvalue weighted by molar-refractivity contribution is 4.99. The minimum atomic E-state index is -0.0773. The fraction of sp³-hybridized carbons (Fsp3) is 1.00. The summed E-state index contributed by atoms with van der Waals surface area (Å²) < 4.78 is 0. The maximum absolute atomic E-state index is 9.92. The highest BCUT2D eigenvalue weighted by Crippen LogP contribution is 2.34. The topological polar surface area (TPSA) is 32.3 Å². The molecule has 1 heterocycles. The Kier molecular flexibility index (Phi) is 2.37. The molecule has 1 saturated heterocycles. The van der Waals surface area contributed by atoms with Gasteiger partial charge in [0, 0.05) is 5.54 Å². The average molecular weight is 169 g/mol. The van der Waals surface area contributed by atoms with Crippen LogP contribution in [0.25, 0.3) is 0 Å². The molecule has 2 aliphatic rings. The van der Waals surface area contributed by atoms with Crippen LogP contribution in [-0.4, -0.2) is 23.3 Å². The number of aliphatic hydroxyl groups is 1. The lowest BCUT2D eigenvalue weighted by atomic mass is 9.74. The van der Waals surface area contributed by atoms with Gasteiger partial charge in [-0.15, -0.1) is 0 Å². The van der Waals surface area contributed by atoms with Gasteiger partial charge >= 0.3 is 0 Å². The third-order valence-electron chi connectivity index (χ3n) is 3.52. The van der Waals surface area contributed by atoms with Crippen molar-refractivity contribution in [2.24, 2.45) is 0 Å². The Morgan fingerprint density at radius 1 is 1.08 bits per heavy atom. The first-order chi connectivity index (χ1) is 5.83. The van der Waals surface area contributed by atoms with Gasteiger partial charge in [-0.25, -0.2) is 0 Å². The lowest BCUT2D eigenvalue weighted by molar-refractivity contribution is 0.00757. The molecular weight excluding hydrogens is 150 g/mol. The Morgan fingerprint density at radius 2 is 1.83 bits per heavy atom. The third-order valence-corrected chi connectivity index (χ3v) is 3.52. The molecule has 0 amide bonds. The Bertz CT molecular complexity index is 144. The first-order valence-corrected chi connectivity index (χ1v) is 5.27. The van der Waals surface area contributed by atoms with Crippen molar-refractivity contribution in [3.05, 3.63) is 0 Å². The van der Waals surface area contributed by atoms with Crippen molar-refractivity contribution in [2.75, 3.05) is 6.54 Å². The van der Waals surface area contributed by atoms with E-state index < -0.39 is 0 Å². The molecule has 1 aliphatic heterocycles. The molecule has 12 heavy (non-hydrogen) atoms. The Morgan fingerprint density at radius 3 is 2.42 bits per heavy atom. The zero-order valence-electron chi connectivity index (χ0n) is 7.68. The summed E-state index contributed by atoms with van der Waals surface area (Å²) in [5.74, 6) is 0. The largest absolute Gasteiger partial charge is 0.391 e. The van der Waals surface area contributed by atoms with Gasteiger partial charge in [-0.2, -0.15) is 0 Å². The summed E-state index contributed by atoms with van der Waals surface area (Å²) in [7, 11) is 0. The minimum Gasteiger partial charge on any atom is -0.391 e. The van der Waals surface area contributed by atoms with Crippen LogP contribution in [0.3, 0.4) is 0 Å². The monoisotopic (exact) mass is 169 g/mol. The van der Waals surface area contributed by atoms with Gasteiger partial charge in [0.25, 0.3) is 0 Å². The van der Waals surface area contributed by atoms with Crippen LogP contribution in [0.2, 0.25) is 0 Å². The van der Waals surface area contributed by atoms with Crippen molar-refractivity contribution < 1.29 is 5.11 Å². The van der Waals surface area contributed by atoms with E-state index in [-0.39, 0.29) is 11.6 Å². The van der Waals surface area contributed by atoms with E-state index >= 15 is 0 Å². The zero-order valence-corrected chi connectivity index (χ0v) is 7.68. The number of aliphatic hydroxyl groups excluding tert-OH is 1. The summed E-state index contributed by atoms with van der Waals surface area (Å²) in [5.41, 5.74) is 0.122. The fourth-order valence-electron chi connectivity index (χ4n) is 2.71. The third kappa shape index (κ3) is 1.38. The van der Waals surface area contributed by atoms with Crippen LogP contribution < -0.4 is 5.32 Å². The predicted molar refractivity (Wildman–Crippen MR) is 49.1 cm³/mol. The van der Waals surface area contributed by atoms with Gasteiger partial charge in [-0.05, 0) is 32.2 Å². The van der Waals surface area contributed by atoms with Gasteiger partial charge in [0.05, 0.1) is 6.10 Å². The molecular formula is C10H19NO. The van der Waals surface area contributed by atoms with E-state index in [0.717, 1.165) is 13.0 Å². The molecule has 1 saturated carbocycles. The Balaban J connectivity index is 2.04. The molecule has 2 N–H and O–H groups in total. The van der Waals surface area contributed by atoms with Crippen molar-refractivity contribution in [2.45, 2.75) is 56.6 Å². The molecule has 1 aliphatic carbocycles. The quantitative estimate of drug-likeness (QED) is 0.575. The summed E-state index contributed by atoms with van der Waals surface area (Å²) >= 11 is 0. The molecule has 2 rings (SSSR count). The van der Waals surface area contributed by atoms with E-state index in [9.17, 15) is 5.11 Å². The summed E-state index contributed by atoms with van der Waals surface area (Å²) in [6, 6.07) is 0. The summed E-state index contributed by atoms with van der Waals surface area (Å²) in [6.45, 7) is 1.11. The van der Waals surface area contributed by atoms with Crippen LogP contribution in [0.5, 0.6) is 0 Å². The SMILES string of the molecule is O[C@@H]1CCCC[C@@]12CCCCN2. The second-order valence-electron chi connectivity index (χ2n) is 4.30. The first kappa shape index (κ1) is 8.52. The summed E-state index contributed by atoms with van der Waals surface area (Å²) in [6.07, 6.45) is 8.40. The Labute approximate surface area is 74.4 Å². The molecule has 0 aromatic carbocycles. The van der Waals surface area contributed by atoms with Crippen molar-refractivity contribution >= 4 is 0 Å². The van der Waals surface area contributed by atoms with Crippen LogP contribution in [-0.2, 0) is 0 Å². The van der Waals surface area contributed by atoms with E-state index in [1.165, 1.54) is 38.5 Å². The van der Waals surface area contributed by atoms with Gasteiger partial charge in [-0.3, -0.25) is 0 Å². The molecule has 0 radical (unpaired) electrons. The molecule has 2 atom stereocenters. The van der Waals surface area contributed by atoms with E-state index in [1.807, 2.05) is 0 Å². The predicted octanol–water partition coefficient (Wildman–Crippen LogP) is 1.43. The smallest absolute Gasteiger partial charge is 0.0721 e. The van der Waals surface area contributed by atoms with E-state index in [0.29, 0.717) is 0 Å². The number of hydrogen-bond donors (Lipinski definition) is 2. The van der Waals surface area contributed by atoms with Crippen LogP contribution in [0.1, 0.15) is 44.9 Å². The molecule has 0 aromatic heterocycles. The molecule has 0 aromatic rings. The van der Waals surface area contributed by atoms with Crippen molar-refractivity contribution in [1.82, 2.24) is 5.32 Å². The second kappa shape index (κ2) is 3.35. The highest BCUT2D eigenvalue weighted by atomic mass is 16.3. The first-order valence-electron chi connectivity index (χ1n) is 5.27. The van der Waals surface area contributed by atoms with Crippen molar-refractivity contribution in [3.8, 4) is 0 Å². The van der Waals surface area contributed by atoms with Crippen LogP contribution in [0.15, 0.2) is 0 Å². The van der Waals surface area contributed by atoms with Crippen molar-refractivity contribution in [3.63, 3.8) is 0 Å². The van der Waals surface area contributed by atoms with Gasteiger partial charge in [0.1, 0.15) is 0 Å². The standard InChI is InChI=1S/C10H19NO/c12-9-5-1-2-6-10(9)7-3-4-8-11-10/h9,11-12H,1-8H2/t9-,10-/m1/s1. The van der Waals surface area contributed by atoms with Gasteiger partial charge in [0.15, 0.2) is 0 Å². The zero-order chi connectivity index (χ0) is 8.44. The summed E-state index contributed by atoms with van der Waals surface area (Å²) in [5, 5.41) is 13.5. The minimum absolute atomic E-state index is 0.0773. The number of rotatable bonds is 0. The van der Waals surface area contributed by atoms with Crippen LogP contribution in [0.4, 0.5) is 0 Å². The van der Waals surface area contributed by atoms with Crippen LogP contribution in [0, 0.1) is 0 Å². The lowest BCUT2D eigenvalue weighted by Crippen LogP contribution is -2.58. The normalized spacial score (nSPS) is 43.2. The molecule has 1 spiro atoms. The average Bonchev–Trinajstić information content (AvgIpc) is 2.12. The maximum Gasteiger partial charge on any atom is 0.0721 e. The van der Waals surface area contributed by atoms with Crippen LogP contribution >= 0.6 is 0 Å². The molecule has 70 valence electrons. The fourth-order valence-corrected chi connectivity index (χ4v) is 2.71. The van der Waals surface area contributed by atoms with Gasteiger partial charge in [0.2, 0.25) is 0 Å². The molecule has 2 fully saturated rings. The maximum atomic E-state index is 9.92. The van der Waals surface area contributed by atoms with Gasteiger partial charge in [-0.1, -0.05) is 19.3 Å². The number of nitrogens with one attached hydrogen (secondary N) is 1. The molecule has 0 bridgehead atoms. The molecule has 0 unspecified atom stereocenters. The van der Waals surface area contributed by atoms with E-state index in [4.69, 9.17) is 0 Å². The molecule has 2 heteroatoms. The Hall–Kier alpha value is -0.0800. The summed E-state index contributed by atoms with van der Waals surface area (Å²) in [4.78, 5) is 0. The van der Waals surface area contributed by atoms with E-state index in [1.54, 1.807) is 0 Å². The second-order valence-corrected chi connectivity index (χ2v) is 4.30. The van der Waals surface area contributed by atoms with Gasteiger partial charge < -0.3 is 10.4 Å². The number of hydrogen-bond acceptors (Lipinski definition) is 2. The van der Waals surface area contributed by atoms with E-state index in [2.05, 4.69) is 5.32 Å². The molecule has 2 nitrogen and oxygen atoms in total.